The van der Waals surface area contributed by atoms with Crippen LogP contribution in [0.5, 0.6) is 5.75 Å². The van der Waals surface area contributed by atoms with Gasteiger partial charge in [0.05, 0.1) is 12.8 Å². The Morgan fingerprint density at radius 2 is 2.16 bits per heavy atom. The first kappa shape index (κ1) is 17.2. The van der Waals surface area contributed by atoms with Gasteiger partial charge in [0, 0.05) is 11.3 Å². The number of carbonyl (C=O) groups is 1. The van der Waals surface area contributed by atoms with Gasteiger partial charge in [0.15, 0.2) is 5.69 Å². The molecule has 1 aliphatic rings. The molecule has 2 N–H and O–H groups in total. The SMILES string of the molecule is CCCCCOc1ccc(C=NNC(=O)c2n[nH]c3c2CCC3)cc1. The van der Waals surface area contributed by atoms with E-state index in [-0.39, 0.29) is 5.91 Å². The van der Waals surface area contributed by atoms with Crippen LogP contribution in [-0.2, 0) is 12.8 Å². The molecule has 1 heterocycles. The Morgan fingerprint density at radius 1 is 1.32 bits per heavy atom. The topological polar surface area (TPSA) is 79.4 Å². The maximum Gasteiger partial charge on any atom is 0.292 e. The van der Waals surface area contributed by atoms with Crippen molar-refractivity contribution >= 4 is 12.1 Å². The fraction of sp³-hybridized carbons (Fsp3) is 0.421. The van der Waals surface area contributed by atoms with Gasteiger partial charge in [-0.15, -0.1) is 0 Å². The average Bonchev–Trinajstić information content (AvgIpc) is 3.23. The van der Waals surface area contributed by atoms with E-state index in [0.29, 0.717) is 5.69 Å². The summed E-state index contributed by atoms with van der Waals surface area (Å²) in [6.45, 7) is 2.91. The Balaban J connectivity index is 1.49. The summed E-state index contributed by atoms with van der Waals surface area (Å²) in [7, 11) is 0. The lowest BCUT2D eigenvalue weighted by Gasteiger charge is -2.05. The van der Waals surface area contributed by atoms with E-state index in [1.807, 2.05) is 24.3 Å². The van der Waals surface area contributed by atoms with Crippen molar-refractivity contribution in [3.05, 3.63) is 46.8 Å². The fourth-order valence-electron chi connectivity index (χ4n) is 2.92. The first-order valence-electron chi connectivity index (χ1n) is 8.90. The molecule has 1 aliphatic carbocycles. The summed E-state index contributed by atoms with van der Waals surface area (Å²) >= 11 is 0. The number of ether oxygens (including phenoxy) is 1. The minimum Gasteiger partial charge on any atom is -0.494 e. The molecular formula is C19H24N4O2. The highest BCUT2D eigenvalue weighted by Gasteiger charge is 2.22. The summed E-state index contributed by atoms with van der Waals surface area (Å²) in [5.74, 6) is 0.580. The number of unbranched alkanes of at least 4 members (excludes halogenated alkanes) is 2. The fourth-order valence-corrected chi connectivity index (χ4v) is 2.92. The molecular weight excluding hydrogens is 316 g/mol. The van der Waals surface area contributed by atoms with Gasteiger partial charge in [0.1, 0.15) is 5.75 Å². The normalized spacial score (nSPS) is 13.2. The van der Waals surface area contributed by atoms with E-state index in [1.54, 1.807) is 6.21 Å². The van der Waals surface area contributed by atoms with E-state index >= 15 is 0 Å². The second kappa shape index (κ2) is 8.46. The molecule has 0 saturated heterocycles. The molecule has 132 valence electrons. The number of nitrogens with zero attached hydrogens (tertiary/aromatic N) is 2. The van der Waals surface area contributed by atoms with E-state index in [1.165, 1.54) is 12.8 Å². The van der Waals surface area contributed by atoms with E-state index in [0.717, 1.165) is 54.9 Å². The van der Waals surface area contributed by atoms with E-state index < -0.39 is 0 Å². The molecule has 0 atom stereocenters. The van der Waals surface area contributed by atoms with Crippen LogP contribution in [-0.4, -0.2) is 28.9 Å². The van der Waals surface area contributed by atoms with Gasteiger partial charge in [-0.05, 0) is 55.5 Å². The Kier molecular flexibility index (Phi) is 5.82. The predicted molar refractivity (Wildman–Crippen MR) is 97.1 cm³/mol. The number of aryl methyl sites for hydroxylation is 1. The first-order valence-corrected chi connectivity index (χ1v) is 8.90. The smallest absolute Gasteiger partial charge is 0.292 e. The third-order valence-corrected chi connectivity index (χ3v) is 4.30. The number of aromatic amines is 1. The number of H-pyrrole nitrogens is 1. The monoisotopic (exact) mass is 340 g/mol. The largest absolute Gasteiger partial charge is 0.494 e. The molecule has 2 aromatic rings. The summed E-state index contributed by atoms with van der Waals surface area (Å²) in [5.41, 5.74) is 6.00. The minimum atomic E-state index is -0.272. The molecule has 6 heteroatoms. The summed E-state index contributed by atoms with van der Waals surface area (Å²) < 4.78 is 5.67. The molecule has 25 heavy (non-hydrogen) atoms. The van der Waals surface area contributed by atoms with Crippen LogP contribution >= 0.6 is 0 Å². The lowest BCUT2D eigenvalue weighted by molar-refractivity contribution is 0.0949. The highest BCUT2D eigenvalue weighted by Crippen LogP contribution is 2.22. The lowest BCUT2D eigenvalue weighted by Crippen LogP contribution is -2.19. The first-order chi connectivity index (χ1) is 12.3. The van der Waals surface area contributed by atoms with Crippen molar-refractivity contribution in [1.29, 1.82) is 0 Å². The molecule has 0 unspecified atom stereocenters. The van der Waals surface area contributed by atoms with Crippen LogP contribution in [0.3, 0.4) is 0 Å². The molecule has 0 aliphatic heterocycles. The van der Waals surface area contributed by atoms with Gasteiger partial charge >= 0.3 is 0 Å². The zero-order valence-corrected chi connectivity index (χ0v) is 14.5. The Hall–Kier alpha value is -2.63. The number of nitrogens with one attached hydrogen (secondary N) is 2. The van der Waals surface area contributed by atoms with Crippen molar-refractivity contribution in [3.8, 4) is 5.75 Å². The number of carbonyl (C=O) groups excluding carboxylic acids is 1. The van der Waals surface area contributed by atoms with Crippen molar-refractivity contribution in [2.24, 2.45) is 5.10 Å². The van der Waals surface area contributed by atoms with Gasteiger partial charge in [-0.3, -0.25) is 9.89 Å². The van der Waals surface area contributed by atoms with E-state index in [4.69, 9.17) is 4.74 Å². The zero-order chi connectivity index (χ0) is 17.5. The van der Waals surface area contributed by atoms with Crippen LogP contribution < -0.4 is 10.2 Å². The molecule has 1 aromatic carbocycles. The molecule has 0 radical (unpaired) electrons. The number of hydrogen-bond acceptors (Lipinski definition) is 4. The van der Waals surface area contributed by atoms with Gasteiger partial charge in [-0.1, -0.05) is 19.8 Å². The number of hydrogen-bond donors (Lipinski definition) is 2. The van der Waals surface area contributed by atoms with Crippen LogP contribution in [0.4, 0.5) is 0 Å². The maximum absolute atomic E-state index is 12.2. The summed E-state index contributed by atoms with van der Waals surface area (Å²) in [6, 6.07) is 7.65. The van der Waals surface area contributed by atoms with Crippen LogP contribution in [0.1, 0.15) is 59.9 Å². The number of aromatic nitrogens is 2. The minimum absolute atomic E-state index is 0.272. The predicted octanol–water partition coefficient (Wildman–Crippen LogP) is 3.23. The van der Waals surface area contributed by atoms with Gasteiger partial charge in [-0.25, -0.2) is 5.43 Å². The number of fused-ring (bicyclic) bond motifs is 1. The third-order valence-electron chi connectivity index (χ3n) is 4.30. The molecule has 1 amide bonds. The maximum atomic E-state index is 12.2. The number of hydrazone groups is 1. The highest BCUT2D eigenvalue weighted by molar-refractivity contribution is 5.94. The van der Waals surface area contributed by atoms with Gasteiger partial charge in [-0.2, -0.15) is 10.2 Å². The third kappa shape index (κ3) is 4.47. The van der Waals surface area contributed by atoms with E-state index in [2.05, 4.69) is 27.6 Å². The van der Waals surface area contributed by atoms with Crippen LogP contribution in [0, 0.1) is 0 Å². The summed E-state index contributed by atoms with van der Waals surface area (Å²) in [4.78, 5) is 12.2. The van der Waals surface area contributed by atoms with Gasteiger partial charge in [0.2, 0.25) is 0 Å². The Bertz CT molecular complexity index is 734. The van der Waals surface area contributed by atoms with Crippen LogP contribution in [0.25, 0.3) is 0 Å². The van der Waals surface area contributed by atoms with Crippen molar-refractivity contribution in [1.82, 2.24) is 15.6 Å². The number of benzene rings is 1. The molecule has 0 fully saturated rings. The standard InChI is InChI=1S/C19H24N4O2/c1-2-3-4-12-25-15-10-8-14(9-11-15)13-20-23-19(24)18-16-6-5-7-17(16)21-22-18/h8-11,13H,2-7,12H2,1H3,(H,21,22)(H,23,24). The quantitative estimate of drug-likeness (QED) is 0.440. The second-order valence-corrected chi connectivity index (χ2v) is 6.21. The molecule has 0 spiro atoms. The lowest BCUT2D eigenvalue weighted by atomic mass is 10.2. The zero-order valence-electron chi connectivity index (χ0n) is 14.5. The highest BCUT2D eigenvalue weighted by atomic mass is 16.5. The van der Waals surface area contributed by atoms with Crippen molar-refractivity contribution in [2.75, 3.05) is 6.61 Å². The number of rotatable bonds is 8. The average molecular weight is 340 g/mol. The van der Waals surface area contributed by atoms with Crippen molar-refractivity contribution in [3.63, 3.8) is 0 Å². The Morgan fingerprint density at radius 3 is 2.96 bits per heavy atom. The van der Waals surface area contributed by atoms with Gasteiger partial charge in [0.25, 0.3) is 5.91 Å². The van der Waals surface area contributed by atoms with E-state index in [9.17, 15) is 4.79 Å². The molecule has 6 nitrogen and oxygen atoms in total. The van der Waals surface area contributed by atoms with Gasteiger partial charge < -0.3 is 4.74 Å². The Labute approximate surface area is 147 Å². The molecule has 1 aromatic heterocycles. The molecule has 3 rings (SSSR count). The molecule has 0 saturated carbocycles. The second-order valence-electron chi connectivity index (χ2n) is 6.21. The summed E-state index contributed by atoms with van der Waals surface area (Å²) in [6.07, 6.45) is 7.99. The van der Waals surface area contributed by atoms with Crippen molar-refractivity contribution in [2.45, 2.75) is 45.4 Å². The molecule has 0 bridgehead atoms. The van der Waals surface area contributed by atoms with Crippen LogP contribution in [0.15, 0.2) is 29.4 Å². The van der Waals surface area contributed by atoms with Crippen molar-refractivity contribution < 1.29 is 9.53 Å². The van der Waals surface area contributed by atoms with Crippen LogP contribution in [0.2, 0.25) is 0 Å². The summed E-state index contributed by atoms with van der Waals surface area (Å²) in [5, 5.41) is 11.0. The number of amides is 1.